The second-order valence-electron chi connectivity index (χ2n) is 3.71. The molecule has 0 aliphatic carbocycles. The monoisotopic (exact) mass is 238 g/mol. The van der Waals surface area contributed by atoms with Crippen LogP contribution in [0.4, 0.5) is 0 Å². The normalized spacial score (nSPS) is 9.65. The largest absolute Gasteiger partial charge is 0.325 e. The summed E-state index contributed by atoms with van der Waals surface area (Å²) in [6.07, 6.45) is 1.23. The second kappa shape index (κ2) is 11.5. The number of aromatic nitrogens is 1. The molecule has 0 aliphatic rings. The van der Waals surface area contributed by atoms with Crippen molar-refractivity contribution in [1.82, 2.24) is 15.6 Å². The Morgan fingerprint density at radius 1 is 1.24 bits per heavy atom. The molecule has 0 saturated carbocycles. The average Bonchev–Trinajstić information content (AvgIpc) is 2.38. The minimum Gasteiger partial charge on any atom is -0.325 e. The van der Waals surface area contributed by atoms with Crippen molar-refractivity contribution in [2.75, 3.05) is 20.1 Å². The lowest BCUT2D eigenvalue weighted by Crippen LogP contribution is -2.13. The summed E-state index contributed by atoms with van der Waals surface area (Å²) in [7, 11) is 1.96. The van der Waals surface area contributed by atoms with E-state index in [2.05, 4.69) is 29.5 Å². The van der Waals surface area contributed by atoms with E-state index in [0.717, 1.165) is 31.0 Å². The molecule has 0 amide bonds. The molecule has 17 heavy (non-hydrogen) atoms. The van der Waals surface area contributed by atoms with E-state index >= 15 is 0 Å². The number of nitrogens with two attached hydrogens (primary N) is 1. The summed E-state index contributed by atoms with van der Waals surface area (Å²) in [6.45, 7) is 7.67. The van der Waals surface area contributed by atoms with Gasteiger partial charge in [0.1, 0.15) is 0 Å². The van der Waals surface area contributed by atoms with Gasteiger partial charge in [-0.15, -0.1) is 0 Å². The summed E-state index contributed by atoms with van der Waals surface area (Å²) in [4.78, 5) is 4.34. The van der Waals surface area contributed by atoms with E-state index in [-0.39, 0.29) is 0 Å². The molecule has 0 aromatic carbocycles. The van der Waals surface area contributed by atoms with Crippen LogP contribution >= 0.6 is 0 Å². The maximum absolute atomic E-state index is 5.46. The number of hydrogen-bond donors (Lipinski definition) is 3. The van der Waals surface area contributed by atoms with Crippen LogP contribution in [0.3, 0.4) is 0 Å². The highest BCUT2D eigenvalue weighted by Crippen LogP contribution is 1.97. The van der Waals surface area contributed by atoms with Crippen LogP contribution in [0.2, 0.25) is 0 Å². The van der Waals surface area contributed by atoms with Gasteiger partial charge in [0.15, 0.2) is 0 Å². The quantitative estimate of drug-likeness (QED) is 0.698. The van der Waals surface area contributed by atoms with Crippen LogP contribution in [0.15, 0.2) is 18.2 Å². The molecule has 1 aromatic heterocycles. The Hall–Kier alpha value is -0.970. The molecule has 1 heterocycles. The lowest BCUT2D eigenvalue weighted by molar-refractivity contribution is 0.706. The van der Waals surface area contributed by atoms with Crippen molar-refractivity contribution in [2.45, 2.75) is 33.4 Å². The molecule has 0 saturated heterocycles. The Morgan fingerprint density at radius 3 is 2.41 bits per heavy atom. The summed E-state index contributed by atoms with van der Waals surface area (Å²) < 4.78 is 0. The van der Waals surface area contributed by atoms with Crippen molar-refractivity contribution in [3.63, 3.8) is 0 Å². The first-order chi connectivity index (χ1) is 8.28. The first-order valence-electron chi connectivity index (χ1n) is 6.28. The smallest absolute Gasteiger partial charge is 0.0545 e. The zero-order valence-corrected chi connectivity index (χ0v) is 11.3. The fourth-order valence-corrected chi connectivity index (χ4v) is 1.24. The molecule has 0 unspecified atom stereocenters. The maximum Gasteiger partial charge on any atom is 0.0545 e. The molecule has 1 rings (SSSR count). The SMILES string of the molecule is CCCNC.CCNCc1cccc(CN)n1. The van der Waals surface area contributed by atoms with E-state index in [0.29, 0.717) is 6.54 Å². The van der Waals surface area contributed by atoms with Gasteiger partial charge < -0.3 is 16.4 Å². The number of nitrogens with zero attached hydrogens (tertiary/aromatic N) is 1. The van der Waals surface area contributed by atoms with Gasteiger partial charge in [0, 0.05) is 13.1 Å². The van der Waals surface area contributed by atoms with Gasteiger partial charge in [0.25, 0.3) is 0 Å². The fourth-order valence-electron chi connectivity index (χ4n) is 1.24. The molecule has 4 heteroatoms. The highest BCUT2D eigenvalue weighted by molar-refractivity contribution is 5.10. The first-order valence-corrected chi connectivity index (χ1v) is 6.28. The molecular weight excluding hydrogens is 212 g/mol. The minimum atomic E-state index is 0.514. The number of pyridine rings is 1. The number of rotatable bonds is 6. The zero-order valence-electron chi connectivity index (χ0n) is 11.3. The third-order valence-electron chi connectivity index (χ3n) is 2.13. The van der Waals surface area contributed by atoms with E-state index in [1.165, 1.54) is 6.42 Å². The third-order valence-corrected chi connectivity index (χ3v) is 2.13. The Morgan fingerprint density at radius 2 is 1.94 bits per heavy atom. The molecule has 4 N–H and O–H groups in total. The van der Waals surface area contributed by atoms with E-state index in [1.807, 2.05) is 25.2 Å². The molecular formula is C13H26N4. The average molecular weight is 238 g/mol. The molecule has 0 atom stereocenters. The molecule has 0 aliphatic heterocycles. The van der Waals surface area contributed by atoms with Gasteiger partial charge >= 0.3 is 0 Å². The molecule has 0 fully saturated rings. The van der Waals surface area contributed by atoms with Crippen LogP contribution in [0.1, 0.15) is 31.7 Å². The summed E-state index contributed by atoms with van der Waals surface area (Å²) in [5.74, 6) is 0. The van der Waals surface area contributed by atoms with Gasteiger partial charge in [0.2, 0.25) is 0 Å². The van der Waals surface area contributed by atoms with Gasteiger partial charge in [-0.3, -0.25) is 4.98 Å². The van der Waals surface area contributed by atoms with Crippen LogP contribution in [0, 0.1) is 0 Å². The Kier molecular flexibility index (Phi) is 10.9. The van der Waals surface area contributed by atoms with Gasteiger partial charge in [-0.2, -0.15) is 0 Å². The van der Waals surface area contributed by atoms with Gasteiger partial charge in [-0.1, -0.05) is 19.9 Å². The third kappa shape index (κ3) is 8.80. The van der Waals surface area contributed by atoms with Gasteiger partial charge in [-0.05, 0) is 38.7 Å². The number of nitrogens with one attached hydrogen (secondary N) is 2. The fraction of sp³-hybridized carbons (Fsp3) is 0.615. The van der Waals surface area contributed by atoms with Crippen molar-refractivity contribution in [3.05, 3.63) is 29.6 Å². The van der Waals surface area contributed by atoms with Crippen LogP contribution < -0.4 is 16.4 Å². The first kappa shape index (κ1) is 16.0. The van der Waals surface area contributed by atoms with Gasteiger partial charge in [-0.25, -0.2) is 0 Å². The Bertz CT molecular complexity index is 274. The molecule has 0 bridgehead atoms. The van der Waals surface area contributed by atoms with Crippen LogP contribution in [0.25, 0.3) is 0 Å². The highest BCUT2D eigenvalue weighted by atomic mass is 14.9. The van der Waals surface area contributed by atoms with Crippen LogP contribution in [-0.2, 0) is 13.1 Å². The summed E-state index contributed by atoms with van der Waals surface area (Å²) in [6, 6.07) is 5.93. The standard InChI is InChI=1S/C9H15N3.C4H11N/c1-2-11-7-9-5-3-4-8(6-10)12-9;1-3-4-5-2/h3-5,11H,2,6-7,10H2,1H3;5H,3-4H2,1-2H3. The molecule has 4 nitrogen and oxygen atoms in total. The summed E-state index contributed by atoms with van der Waals surface area (Å²) in [5.41, 5.74) is 7.47. The summed E-state index contributed by atoms with van der Waals surface area (Å²) in [5, 5.41) is 6.23. The second-order valence-corrected chi connectivity index (χ2v) is 3.71. The predicted octanol–water partition coefficient (Wildman–Crippen LogP) is 1.27. The predicted molar refractivity (Wildman–Crippen MR) is 73.7 cm³/mol. The van der Waals surface area contributed by atoms with Crippen molar-refractivity contribution in [3.8, 4) is 0 Å². The highest BCUT2D eigenvalue weighted by Gasteiger charge is 1.94. The topological polar surface area (TPSA) is 63.0 Å². The Labute approximate surface area is 105 Å². The van der Waals surface area contributed by atoms with Crippen molar-refractivity contribution in [2.24, 2.45) is 5.73 Å². The van der Waals surface area contributed by atoms with Crippen molar-refractivity contribution < 1.29 is 0 Å². The van der Waals surface area contributed by atoms with E-state index in [4.69, 9.17) is 5.73 Å². The van der Waals surface area contributed by atoms with Crippen LogP contribution in [0.5, 0.6) is 0 Å². The lowest BCUT2D eigenvalue weighted by Gasteiger charge is -2.02. The van der Waals surface area contributed by atoms with Crippen LogP contribution in [-0.4, -0.2) is 25.1 Å². The molecule has 0 spiro atoms. The minimum absolute atomic E-state index is 0.514. The van der Waals surface area contributed by atoms with E-state index < -0.39 is 0 Å². The van der Waals surface area contributed by atoms with E-state index in [1.54, 1.807) is 0 Å². The number of hydrogen-bond acceptors (Lipinski definition) is 4. The maximum atomic E-state index is 5.46. The zero-order chi connectivity index (χ0) is 12.9. The molecule has 98 valence electrons. The van der Waals surface area contributed by atoms with Crippen molar-refractivity contribution >= 4 is 0 Å². The molecule has 1 aromatic rings. The summed E-state index contributed by atoms with van der Waals surface area (Å²) >= 11 is 0. The van der Waals surface area contributed by atoms with Crippen molar-refractivity contribution in [1.29, 1.82) is 0 Å². The lowest BCUT2D eigenvalue weighted by atomic mass is 10.3. The molecule has 0 radical (unpaired) electrons. The van der Waals surface area contributed by atoms with Gasteiger partial charge in [0.05, 0.1) is 11.4 Å². The Balaban J connectivity index is 0.000000437. The van der Waals surface area contributed by atoms with E-state index in [9.17, 15) is 0 Å².